The van der Waals surface area contributed by atoms with Crippen molar-refractivity contribution in [2.24, 2.45) is 0 Å². The van der Waals surface area contributed by atoms with Crippen molar-refractivity contribution in [3.63, 3.8) is 0 Å². The van der Waals surface area contributed by atoms with Gasteiger partial charge in [-0.1, -0.05) is 0 Å². The fraction of sp³-hybridized carbons (Fsp3) is 0.429. The maximum Gasteiger partial charge on any atom is 0.337 e. The minimum absolute atomic E-state index is 0.247. The predicted octanol–water partition coefficient (Wildman–Crippen LogP) is 1.94. The largest absolute Gasteiger partial charge is 0.465 e. The van der Waals surface area contributed by atoms with Gasteiger partial charge in [0, 0.05) is 18.8 Å². The minimum Gasteiger partial charge on any atom is -0.465 e. The van der Waals surface area contributed by atoms with Crippen LogP contribution in [0, 0.1) is 0 Å². The molecule has 0 aliphatic carbocycles. The van der Waals surface area contributed by atoms with Gasteiger partial charge in [-0.25, -0.2) is 4.79 Å². The van der Waals surface area contributed by atoms with Gasteiger partial charge < -0.3 is 20.1 Å². The molecule has 0 amide bonds. The molecule has 0 radical (unpaired) electrons. The highest BCUT2D eigenvalue weighted by molar-refractivity contribution is 7.80. The Balaban J connectivity index is 1.80. The van der Waals surface area contributed by atoms with Crippen molar-refractivity contribution in [1.29, 1.82) is 0 Å². The van der Waals surface area contributed by atoms with E-state index < -0.39 is 0 Å². The molecule has 2 N–H and O–H groups in total. The fourth-order valence-electron chi connectivity index (χ4n) is 1.99. The van der Waals surface area contributed by atoms with E-state index in [-0.39, 0.29) is 12.1 Å². The summed E-state index contributed by atoms with van der Waals surface area (Å²) in [5.74, 6) is -0.351. The number of hydrogen-bond donors (Lipinski definition) is 2. The Bertz CT molecular complexity index is 470. The first-order chi connectivity index (χ1) is 9.69. The zero-order valence-electron chi connectivity index (χ0n) is 11.3. The van der Waals surface area contributed by atoms with Gasteiger partial charge >= 0.3 is 5.97 Å². The average Bonchev–Trinajstić information content (AvgIpc) is 2.98. The summed E-state index contributed by atoms with van der Waals surface area (Å²) in [6.45, 7) is 1.55. The van der Waals surface area contributed by atoms with Crippen LogP contribution in [0.1, 0.15) is 23.2 Å². The van der Waals surface area contributed by atoms with Gasteiger partial charge in [-0.2, -0.15) is 0 Å². The van der Waals surface area contributed by atoms with Gasteiger partial charge in [0.05, 0.1) is 18.8 Å². The molecule has 1 aromatic rings. The van der Waals surface area contributed by atoms with Crippen molar-refractivity contribution in [3.8, 4) is 0 Å². The van der Waals surface area contributed by atoms with Crippen LogP contribution in [-0.4, -0.2) is 37.4 Å². The van der Waals surface area contributed by atoms with E-state index in [4.69, 9.17) is 17.0 Å². The summed E-state index contributed by atoms with van der Waals surface area (Å²) < 4.78 is 10.1. The molecule has 6 heteroatoms. The molecule has 0 bridgehead atoms. The average molecular weight is 294 g/mol. The molecule has 1 aliphatic heterocycles. The predicted molar refractivity (Wildman–Crippen MR) is 81.0 cm³/mol. The van der Waals surface area contributed by atoms with Crippen LogP contribution in [0.15, 0.2) is 24.3 Å². The van der Waals surface area contributed by atoms with Gasteiger partial charge in [-0.15, -0.1) is 0 Å². The fourth-order valence-corrected chi connectivity index (χ4v) is 2.20. The molecular formula is C14H18N2O3S. The number of carbonyl (C=O) groups excluding carboxylic acids is 1. The van der Waals surface area contributed by atoms with Crippen LogP contribution in [0.25, 0.3) is 0 Å². The standard InChI is InChI=1S/C14H18N2O3S/c1-18-13(17)10-4-6-11(7-5-10)16-14(20)15-9-12-3-2-8-19-12/h4-7,12H,2-3,8-9H2,1H3,(H2,15,16,20)/t12-/m0/s1. The topological polar surface area (TPSA) is 59.6 Å². The molecule has 1 aliphatic rings. The SMILES string of the molecule is COC(=O)c1ccc(NC(=S)NC[C@@H]2CCCO2)cc1. The number of thiocarbonyl (C=S) groups is 1. The molecule has 1 heterocycles. The third kappa shape index (κ3) is 4.18. The van der Waals surface area contributed by atoms with Gasteiger partial charge in [0.1, 0.15) is 0 Å². The van der Waals surface area contributed by atoms with Crippen molar-refractivity contribution in [1.82, 2.24) is 5.32 Å². The summed E-state index contributed by atoms with van der Waals surface area (Å²) in [4.78, 5) is 11.3. The van der Waals surface area contributed by atoms with E-state index in [9.17, 15) is 4.79 Å². The van der Waals surface area contributed by atoms with Crippen LogP contribution in [0.2, 0.25) is 0 Å². The summed E-state index contributed by atoms with van der Waals surface area (Å²) in [5.41, 5.74) is 1.33. The molecule has 0 saturated carbocycles. The second-order valence-electron chi connectivity index (χ2n) is 4.54. The number of hydrogen-bond acceptors (Lipinski definition) is 4. The van der Waals surface area contributed by atoms with Gasteiger partial charge in [-0.3, -0.25) is 0 Å². The Morgan fingerprint density at radius 1 is 1.45 bits per heavy atom. The molecule has 0 spiro atoms. The highest BCUT2D eigenvalue weighted by Gasteiger charge is 2.15. The quantitative estimate of drug-likeness (QED) is 0.654. The third-order valence-electron chi connectivity index (χ3n) is 3.08. The van der Waals surface area contributed by atoms with E-state index in [2.05, 4.69) is 15.4 Å². The normalized spacial score (nSPS) is 17.6. The number of carbonyl (C=O) groups is 1. The zero-order valence-corrected chi connectivity index (χ0v) is 12.2. The molecule has 0 aromatic heterocycles. The maximum absolute atomic E-state index is 11.3. The molecule has 5 nitrogen and oxygen atoms in total. The van der Waals surface area contributed by atoms with Gasteiger partial charge in [0.2, 0.25) is 0 Å². The molecule has 1 fully saturated rings. The molecular weight excluding hydrogens is 276 g/mol. The number of methoxy groups -OCH3 is 1. The number of anilines is 1. The second-order valence-corrected chi connectivity index (χ2v) is 4.95. The Hall–Kier alpha value is -1.66. The smallest absolute Gasteiger partial charge is 0.337 e. The van der Waals surface area contributed by atoms with E-state index in [1.54, 1.807) is 24.3 Å². The summed E-state index contributed by atoms with van der Waals surface area (Å²) in [6, 6.07) is 6.95. The highest BCUT2D eigenvalue weighted by atomic mass is 32.1. The first kappa shape index (κ1) is 14.7. The van der Waals surface area contributed by atoms with E-state index in [1.807, 2.05) is 0 Å². The van der Waals surface area contributed by atoms with Crippen LogP contribution in [0.4, 0.5) is 5.69 Å². The van der Waals surface area contributed by atoms with Crippen LogP contribution < -0.4 is 10.6 Å². The van der Waals surface area contributed by atoms with Gasteiger partial charge in [-0.05, 0) is 49.3 Å². The molecule has 1 atom stereocenters. The van der Waals surface area contributed by atoms with Crippen molar-refractivity contribution in [2.75, 3.05) is 25.6 Å². The van der Waals surface area contributed by atoms with Crippen LogP contribution in [0.3, 0.4) is 0 Å². The number of benzene rings is 1. The highest BCUT2D eigenvalue weighted by Crippen LogP contribution is 2.12. The zero-order chi connectivity index (χ0) is 14.4. The lowest BCUT2D eigenvalue weighted by Gasteiger charge is -2.14. The minimum atomic E-state index is -0.351. The van der Waals surface area contributed by atoms with Gasteiger partial charge in [0.15, 0.2) is 5.11 Å². The summed E-state index contributed by atoms with van der Waals surface area (Å²) >= 11 is 5.21. The Morgan fingerprint density at radius 3 is 2.80 bits per heavy atom. The Kier molecular flexibility index (Phi) is 5.31. The van der Waals surface area contributed by atoms with Crippen molar-refractivity contribution >= 4 is 29.0 Å². The number of rotatable bonds is 4. The lowest BCUT2D eigenvalue weighted by Crippen LogP contribution is -2.34. The monoisotopic (exact) mass is 294 g/mol. The summed E-state index contributed by atoms with van der Waals surface area (Å²) in [5, 5.41) is 6.74. The second kappa shape index (κ2) is 7.21. The summed E-state index contributed by atoms with van der Waals surface area (Å²) in [7, 11) is 1.36. The molecule has 20 heavy (non-hydrogen) atoms. The van der Waals surface area contributed by atoms with E-state index >= 15 is 0 Å². The molecule has 1 saturated heterocycles. The van der Waals surface area contributed by atoms with Crippen LogP contribution >= 0.6 is 12.2 Å². The first-order valence-corrected chi connectivity index (χ1v) is 6.94. The van der Waals surface area contributed by atoms with Crippen molar-refractivity contribution in [2.45, 2.75) is 18.9 Å². The molecule has 108 valence electrons. The van der Waals surface area contributed by atoms with Crippen molar-refractivity contribution < 1.29 is 14.3 Å². The van der Waals surface area contributed by atoms with E-state index in [0.29, 0.717) is 17.2 Å². The Labute approximate surface area is 123 Å². The van der Waals surface area contributed by atoms with E-state index in [0.717, 1.165) is 25.1 Å². The number of nitrogens with one attached hydrogen (secondary N) is 2. The molecule has 0 unspecified atom stereocenters. The number of ether oxygens (including phenoxy) is 2. The molecule has 1 aromatic carbocycles. The lowest BCUT2D eigenvalue weighted by molar-refractivity contribution is 0.0601. The van der Waals surface area contributed by atoms with E-state index in [1.165, 1.54) is 7.11 Å². The third-order valence-corrected chi connectivity index (χ3v) is 3.32. The maximum atomic E-state index is 11.3. The Morgan fingerprint density at radius 2 is 2.20 bits per heavy atom. The molecule has 2 rings (SSSR count). The van der Waals surface area contributed by atoms with Gasteiger partial charge in [0.25, 0.3) is 0 Å². The van der Waals surface area contributed by atoms with Crippen molar-refractivity contribution in [3.05, 3.63) is 29.8 Å². The van der Waals surface area contributed by atoms with Crippen LogP contribution in [0.5, 0.6) is 0 Å². The first-order valence-electron chi connectivity index (χ1n) is 6.54. The summed E-state index contributed by atoms with van der Waals surface area (Å²) in [6.07, 6.45) is 2.43. The number of esters is 1. The lowest BCUT2D eigenvalue weighted by atomic mass is 10.2. The van der Waals surface area contributed by atoms with Crippen LogP contribution in [-0.2, 0) is 9.47 Å².